The van der Waals surface area contributed by atoms with Crippen LogP contribution in [0.4, 0.5) is 17.1 Å². The molecule has 0 fully saturated rings. The van der Waals surface area contributed by atoms with Crippen molar-refractivity contribution in [2.24, 2.45) is 5.41 Å². The summed E-state index contributed by atoms with van der Waals surface area (Å²) in [7, 11) is 0. The number of hydrogen-bond acceptors (Lipinski definition) is 7. The summed E-state index contributed by atoms with van der Waals surface area (Å²) >= 11 is 0. The van der Waals surface area contributed by atoms with Gasteiger partial charge in [-0.2, -0.15) is 0 Å². The summed E-state index contributed by atoms with van der Waals surface area (Å²) in [5.74, 6) is 0.752. The van der Waals surface area contributed by atoms with E-state index in [1.54, 1.807) is 6.07 Å². The molecule has 8 heteroatoms. The predicted octanol–water partition coefficient (Wildman–Crippen LogP) is 4.55. The zero-order valence-corrected chi connectivity index (χ0v) is 16.7. The zero-order valence-electron chi connectivity index (χ0n) is 16.7. The first-order chi connectivity index (χ1) is 14.3. The third-order valence-corrected chi connectivity index (χ3v) is 5.75. The van der Waals surface area contributed by atoms with E-state index in [-0.39, 0.29) is 23.7 Å². The molecule has 0 spiro atoms. The molecule has 2 aliphatic heterocycles. The van der Waals surface area contributed by atoms with Crippen LogP contribution in [0.3, 0.4) is 0 Å². The molecule has 3 aliphatic rings. The number of Topliss-reactive ketones (excluding diaryl/α,β-unsaturated/α-hetero) is 1. The van der Waals surface area contributed by atoms with Gasteiger partial charge in [0.25, 0.3) is 5.69 Å². The van der Waals surface area contributed by atoms with Gasteiger partial charge in [0.1, 0.15) is 0 Å². The molecule has 8 nitrogen and oxygen atoms in total. The highest BCUT2D eigenvalue weighted by Gasteiger charge is 2.41. The van der Waals surface area contributed by atoms with Gasteiger partial charge in [0.05, 0.1) is 34.0 Å². The second-order valence-corrected chi connectivity index (χ2v) is 8.60. The number of para-hydroxylation sites is 2. The lowest BCUT2D eigenvalue weighted by Gasteiger charge is -2.34. The topological polar surface area (TPSA) is 103 Å². The fourth-order valence-corrected chi connectivity index (χ4v) is 4.46. The van der Waals surface area contributed by atoms with Crippen molar-refractivity contribution in [3.8, 4) is 11.5 Å². The normalized spacial score (nSPS) is 21.1. The average molecular weight is 407 g/mol. The number of carbonyl (C=O) groups is 1. The van der Waals surface area contributed by atoms with E-state index in [2.05, 4.69) is 24.5 Å². The molecular formula is C22H21N3O5. The monoisotopic (exact) mass is 407 g/mol. The maximum Gasteiger partial charge on any atom is 0.279 e. The fourth-order valence-electron chi connectivity index (χ4n) is 4.46. The molecule has 5 rings (SSSR count). The molecule has 2 heterocycles. The third-order valence-electron chi connectivity index (χ3n) is 5.75. The summed E-state index contributed by atoms with van der Waals surface area (Å²) in [6, 6.07) is 9.92. The highest BCUT2D eigenvalue weighted by Crippen LogP contribution is 2.49. The summed E-state index contributed by atoms with van der Waals surface area (Å²) < 4.78 is 10.8. The van der Waals surface area contributed by atoms with Gasteiger partial charge in [0.2, 0.25) is 6.79 Å². The van der Waals surface area contributed by atoms with Crippen LogP contribution < -0.4 is 20.1 Å². The lowest BCUT2D eigenvalue weighted by molar-refractivity contribution is -0.385. The van der Waals surface area contributed by atoms with Crippen LogP contribution in [0.5, 0.6) is 11.5 Å². The van der Waals surface area contributed by atoms with Gasteiger partial charge in [0, 0.05) is 17.7 Å². The summed E-state index contributed by atoms with van der Waals surface area (Å²) in [6.07, 6.45) is 1.04. The molecule has 0 saturated carbocycles. The second kappa shape index (κ2) is 6.48. The Bertz CT molecular complexity index is 1120. The van der Waals surface area contributed by atoms with E-state index < -0.39 is 11.0 Å². The van der Waals surface area contributed by atoms with Gasteiger partial charge in [-0.3, -0.25) is 14.9 Å². The van der Waals surface area contributed by atoms with E-state index in [9.17, 15) is 14.9 Å². The zero-order chi connectivity index (χ0) is 21.0. The molecule has 154 valence electrons. The molecule has 2 aromatic rings. The van der Waals surface area contributed by atoms with Crippen LogP contribution in [0.25, 0.3) is 0 Å². The maximum atomic E-state index is 13.3. The average Bonchev–Trinajstić information content (AvgIpc) is 3.06. The van der Waals surface area contributed by atoms with Crippen LogP contribution >= 0.6 is 0 Å². The largest absolute Gasteiger partial charge is 0.454 e. The number of hydrogen-bond donors (Lipinski definition) is 2. The van der Waals surface area contributed by atoms with Crippen LogP contribution in [-0.2, 0) is 4.79 Å². The Morgan fingerprint density at radius 3 is 2.53 bits per heavy atom. The van der Waals surface area contributed by atoms with Crippen molar-refractivity contribution in [2.45, 2.75) is 32.7 Å². The van der Waals surface area contributed by atoms with Crippen molar-refractivity contribution in [3.05, 3.63) is 63.3 Å². The standard InChI is InChI=1S/C22H21N3O5/c1-22(2)9-15-20(17(26)10-22)21(24-14-6-4-3-5-13(14)23-15)12-7-18-19(30-11-29-18)8-16(12)25(27)28/h3-8,21,23-24H,9-11H2,1-2H3/t21-/m0/s1. The summed E-state index contributed by atoms with van der Waals surface area (Å²) in [5, 5.41) is 18.7. The smallest absolute Gasteiger partial charge is 0.279 e. The van der Waals surface area contributed by atoms with Crippen molar-refractivity contribution < 1.29 is 19.2 Å². The number of benzene rings is 2. The van der Waals surface area contributed by atoms with E-state index in [0.29, 0.717) is 35.5 Å². The molecule has 0 unspecified atom stereocenters. The summed E-state index contributed by atoms with van der Waals surface area (Å²) in [5.41, 5.74) is 3.01. The molecule has 0 aromatic heterocycles. The molecular weight excluding hydrogens is 386 g/mol. The van der Waals surface area contributed by atoms with E-state index in [1.165, 1.54) is 6.07 Å². The van der Waals surface area contributed by atoms with E-state index in [4.69, 9.17) is 9.47 Å². The minimum atomic E-state index is -0.686. The number of ether oxygens (including phenoxy) is 2. The number of ketones is 1. The number of fused-ring (bicyclic) bond motifs is 2. The third kappa shape index (κ3) is 2.96. The number of carbonyl (C=O) groups excluding carboxylic acids is 1. The lowest BCUT2D eigenvalue weighted by atomic mass is 9.73. The fraction of sp³-hybridized carbons (Fsp3) is 0.318. The number of anilines is 2. The van der Waals surface area contributed by atoms with Gasteiger partial charge in [-0.05, 0) is 30.0 Å². The summed E-state index contributed by atoms with van der Waals surface area (Å²) in [6.45, 7) is 4.12. The quantitative estimate of drug-likeness (QED) is 0.556. The van der Waals surface area contributed by atoms with Crippen LogP contribution in [0, 0.1) is 15.5 Å². The van der Waals surface area contributed by atoms with E-state index in [1.807, 2.05) is 24.3 Å². The predicted molar refractivity (Wildman–Crippen MR) is 111 cm³/mol. The Morgan fingerprint density at radius 1 is 1.10 bits per heavy atom. The van der Waals surface area contributed by atoms with Crippen molar-refractivity contribution in [1.29, 1.82) is 0 Å². The molecule has 1 aliphatic carbocycles. The number of nitrogens with zero attached hydrogens (tertiary/aromatic N) is 1. The van der Waals surface area contributed by atoms with Gasteiger partial charge < -0.3 is 20.1 Å². The first kappa shape index (κ1) is 18.5. The number of nitro benzene ring substituents is 1. The molecule has 0 bridgehead atoms. The SMILES string of the molecule is CC1(C)CC(=O)C2=C(C1)Nc1ccccc1N[C@H]2c1cc2c(cc1[N+](=O)[O-])OCO2. The molecule has 30 heavy (non-hydrogen) atoms. The summed E-state index contributed by atoms with van der Waals surface area (Å²) in [4.78, 5) is 24.7. The van der Waals surface area contributed by atoms with E-state index in [0.717, 1.165) is 17.1 Å². The lowest BCUT2D eigenvalue weighted by Crippen LogP contribution is -2.31. The molecule has 0 amide bonds. The van der Waals surface area contributed by atoms with Gasteiger partial charge in [-0.15, -0.1) is 0 Å². The molecule has 0 saturated heterocycles. The van der Waals surface area contributed by atoms with E-state index >= 15 is 0 Å². The van der Waals surface area contributed by atoms with Gasteiger partial charge in [0.15, 0.2) is 17.3 Å². The first-order valence-corrected chi connectivity index (χ1v) is 9.79. The second-order valence-electron chi connectivity index (χ2n) is 8.60. The van der Waals surface area contributed by atoms with Crippen molar-refractivity contribution in [3.63, 3.8) is 0 Å². The van der Waals surface area contributed by atoms with Crippen LogP contribution in [-0.4, -0.2) is 17.5 Å². The van der Waals surface area contributed by atoms with Gasteiger partial charge in [-0.25, -0.2) is 0 Å². The minimum Gasteiger partial charge on any atom is -0.454 e. The van der Waals surface area contributed by atoms with Gasteiger partial charge >= 0.3 is 0 Å². The maximum absolute atomic E-state index is 13.3. The number of nitro groups is 1. The highest BCUT2D eigenvalue weighted by molar-refractivity contribution is 6.01. The Kier molecular flexibility index (Phi) is 3.99. The van der Waals surface area contributed by atoms with Crippen molar-refractivity contribution in [2.75, 3.05) is 17.4 Å². The first-order valence-electron chi connectivity index (χ1n) is 9.79. The van der Waals surface area contributed by atoms with Crippen molar-refractivity contribution >= 4 is 22.8 Å². The van der Waals surface area contributed by atoms with Crippen LogP contribution in [0.15, 0.2) is 47.7 Å². The van der Waals surface area contributed by atoms with Crippen molar-refractivity contribution in [1.82, 2.24) is 0 Å². The number of allylic oxidation sites excluding steroid dienone is 1. The molecule has 1 atom stereocenters. The highest BCUT2D eigenvalue weighted by atomic mass is 16.7. The Morgan fingerprint density at radius 2 is 1.80 bits per heavy atom. The Labute approximate surface area is 173 Å². The number of nitrogens with one attached hydrogen (secondary N) is 2. The van der Waals surface area contributed by atoms with Crippen LogP contribution in [0.2, 0.25) is 0 Å². The minimum absolute atomic E-state index is 0.0134. The Hall–Kier alpha value is -3.55. The van der Waals surface area contributed by atoms with Gasteiger partial charge in [-0.1, -0.05) is 26.0 Å². The Balaban J connectivity index is 1.74. The molecule has 2 N–H and O–H groups in total. The van der Waals surface area contributed by atoms with Crippen LogP contribution in [0.1, 0.15) is 38.3 Å². The molecule has 0 radical (unpaired) electrons. The number of rotatable bonds is 2. The molecule has 2 aromatic carbocycles.